The van der Waals surface area contributed by atoms with Crippen LogP contribution in [0.15, 0.2) is 53.3 Å². The number of benzene rings is 1. The molecule has 26 heavy (non-hydrogen) atoms. The first kappa shape index (κ1) is 18.3. The fraction of sp³-hybridized carbons (Fsp3) is 0.211. The monoisotopic (exact) mass is 415 g/mol. The summed E-state index contributed by atoms with van der Waals surface area (Å²) < 4.78 is 13.9. The molecule has 0 radical (unpaired) electrons. The molecule has 3 rings (SSSR count). The zero-order valence-corrected chi connectivity index (χ0v) is 16.1. The summed E-state index contributed by atoms with van der Waals surface area (Å²) in [5.74, 6) is 0.832. The van der Waals surface area contributed by atoms with Gasteiger partial charge in [-0.3, -0.25) is 4.98 Å². The molecule has 0 saturated carbocycles. The summed E-state index contributed by atoms with van der Waals surface area (Å²) in [5, 5.41) is 6.51. The van der Waals surface area contributed by atoms with Crippen molar-refractivity contribution in [2.75, 3.05) is 10.6 Å². The minimum Gasteiger partial charge on any atom is -0.352 e. The van der Waals surface area contributed by atoms with Crippen molar-refractivity contribution >= 4 is 33.4 Å². The van der Waals surface area contributed by atoms with Gasteiger partial charge >= 0.3 is 0 Å². The second-order valence-electron chi connectivity index (χ2n) is 5.91. The van der Waals surface area contributed by atoms with E-state index in [-0.39, 0.29) is 11.9 Å². The van der Waals surface area contributed by atoms with Crippen LogP contribution in [0.5, 0.6) is 0 Å². The molecule has 134 valence electrons. The maximum absolute atomic E-state index is 13.3. The molecule has 3 aromatic rings. The van der Waals surface area contributed by atoms with Crippen molar-refractivity contribution in [1.29, 1.82) is 0 Å². The lowest BCUT2D eigenvalue weighted by molar-refractivity contribution is 0.627. The third-order valence-electron chi connectivity index (χ3n) is 3.87. The van der Waals surface area contributed by atoms with E-state index in [0.29, 0.717) is 16.2 Å². The van der Waals surface area contributed by atoms with Gasteiger partial charge < -0.3 is 10.6 Å². The van der Waals surface area contributed by atoms with E-state index in [1.54, 1.807) is 18.5 Å². The van der Waals surface area contributed by atoms with Crippen molar-refractivity contribution in [3.63, 3.8) is 0 Å². The average Bonchev–Trinajstić information content (AvgIpc) is 2.64. The van der Waals surface area contributed by atoms with E-state index in [0.717, 1.165) is 23.4 Å². The van der Waals surface area contributed by atoms with E-state index in [2.05, 4.69) is 55.4 Å². The number of rotatable bonds is 6. The van der Waals surface area contributed by atoms with Gasteiger partial charge in [-0.15, -0.1) is 0 Å². The Hall–Kier alpha value is -2.54. The predicted octanol–water partition coefficient (Wildman–Crippen LogP) is 5.39. The second kappa shape index (κ2) is 8.23. The van der Waals surface area contributed by atoms with Crippen LogP contribution in [0, 0.1) is 5.82 Å². The maximum atomic E-state index is 13.3. The Bertz CT molecular complexity index is 888. The van der Waals surface area contributed by atoms with Gasteiger partial charge in [-0.2, -0.15) is 4.98 Å². The number of nitrogens with zero attached hydrogens (tertiary/aromatic N) is 3. The molecular formula is C19H19BrFN5. The molecule has 0 unspecified atom stereocenters. The van der Waals surface area contributed by atoms with Crippen LogP contribution >= 0.6 is 15.9 Å². The van der Waals surface area contributed by atoms with Crippen LogP contribution in [0.2, 0.25) is 0 Å². The van der Waals surface area contributed by atoms with Gasteiger partial charge in [0.25, 0.3) is 0 Å². The molecule has 2 N–H and O–H groups in total. The molecule has 0 bridgehead atoms. The Morgan fingerprint density at radius 3 is 2.73 bits per heavy atom. The van der Waals surface area contributed by atoms with Crippen molar-refractivity contribution < 1.29 is 4.39 Å². The molecule has 0 spiro atoms. The molecule has 1 aromatic carbocycles. The third-order valence-corrected chi connectivity index (χ3v) is 4.52. The molecule has 0 amide bonds. The summed E-state index contributed by atoms with van der Waals surface area (Å²) in [4.78, 5) is 13.3. The molecule has 0 aliphatic carbocycles. The summed E-state index contributed by atoms with van der Waals surface area (Å²) in [6, 6.07) is 10.4. The first-order valence-electron chi connectivity index (χ1n) is 8.33. The van der Waals surface area contributed by atoms with Crippen LogP contribution in [-0.2, 0) is 0 Å². The first-order chi connectivity index (χ1) is 12.5. The highest BCUT2D eigenvalue weighted by Crippen LogP contribution is 2.28. The van der Waals surface area contributed by atoms with Gasteiger partial charge in [-0.1, -0.05) is 6.92 Å². The number of aromatic nitrogens is 3. The van der Waals surface area contributed by atoms with Crippen LogP contribution in [0.1, 0.15) is 20.3 Å². The second-order valence-corrected chi connectivity index (χ2v) is 6.76. The van der Waals surface area contributed by atoms with E-state index < -0.39 is 0 Å². The van der Waals surface area contributed by atoms with Crippen molar-refractivity contribution in [3.05, 3.63) is 59.1 Å². The Balaban J connectivity index is 1.98. The molecule has 0 saturated heterocycles. The van der Waals surface area contributed by atoms with Crippen LogP contribution in [-0.4, -0.2) is 21.0 Å². The molecule has 1 atom stereocenters. The molecule has 0 aliphatic heterocycles. The molecular weight excluding hydrogens is 397 g/mol. The topological polar surface area (TPSA) is 62.7 Å². The van der Waals surface area contributed by atoms with Crippen molar-refractivity contribution in [3.8, 4) is 11.3 Å². The first-order valence-corrected chi connectivity index (χ1v) is 9.12. The van der Waals surface area contributed by atoms with Crippen LogP contribution < -0.4 is 10.6 Å². The SMILES string of the molecule is CC[C@H](C)Nc1nc(Nc2ccc(F)cc2Br)cc(-c2cccnc2)n1. The van der Waals surface area contributed by atoms with Gasteiger partial charge in [0.2, 0.25) is 5.95 Å². The highest BCUT2D eigenvalue weighted by Gasteiger charge is 2.10. The van der Waals surface area contributed by atoms with E-state index in [1.165, 1.54) is 12.1 Å². The van der Waals surface area contributed by atoms with Gasteiger partial charge in [-0.25, -0.2) is 9.37 Å². The van der Waals surface area contributed by atoms with Crippen molar-refractivity contribution in [2.24, 2.45) is 0 Å². The number of halogens is 2. The Labute approximate surface area is 160 Å². The van der Waals surface area contributed by atoms with E-state index in [4.69, 9.17) is 0 Å². The van der Waals surface area contributed by atoms with Gasteiger partial charge in [0, 0.05) is 34.5 Å². The lowest BCUT2D eigenvalue weighted by Gasteiger charge is -2.15. The van der Waals surface area contributed by atoms with Crippen LogP contribution in [0.25, 0.3) is 11.3 Å². The number of pyridine rings is 1. The minimum atomic E-state index is -0.305. The van der Waals surface area contributed by atoms with Crippen molar-refractivity contribution in [2.45, 2.75) is 26.3 Å². The highest BCUT2D eigenvalue weighted by atomic mass is 79.9. The van der Waals surface area contributed by atoms with Crippen LogP contribution in [0.4, 0.5) is 21.8 Å². The normalized spacial score (nSPS) is 11.8. The fourth-order valence-corrected chi connectivity index (χ4v) is 2.74. The lowest BCUT2D eigenvalue weighted by atomic mass is 10.2. The molecule has 5 nitrogen and oxygen atoms in total. The van der Waals surface area contributed by atoms with Gasteiger partial charge in [-0.05, 0) is 59.6 Å². The summed E-state index contributed by atoms with van der Waals surface area (Å²) in [6.07, 6.45) is 4.43. The highest BCUT2D eigenvalue weighted by molar-refractivity contribution is 9.10. The molecule has 0 fully saturated rings. The Morgan fingerprint density at radius 2 is 2.04 bits per heavy atom. The standard InChI is InChI=1S/C19H19BrFN5/c1-3-12(2)23-19-25-17(13-5-4-8-22-11-13)10-18(26-19)24-16-7-6-14(21)9-15(16)20/h4-12H,3H2,1-2H3,(H2,23,24,25,26)/t12-/m0/s1. The Kier molecular flexibility index (Phi) is 5.78. The van der Waals surface area contributed by atoms with Crippen molar-refractivity contribution in [1.82, 2.24) is 15.0 Å². The summed E-state index contributed by atoms with van der Waals surface area (Å²) in [5.41, 5.74) is 2.36. The minimum absolute atomic E-state index is 0.240. The van der Waals surface area contributed by atoms with E-state index >= 15 is 0 Å². The molecule has 2 aromatic heterocycles. The smallest absolute Gasteiger partial charge is 0.225 e. The summed E-state index contributed by atoms with van der Waals surface area (Å²) in [7, 11) is 0. The zero-order valence-electron chi connectivity index (χ0n) is 14.5. The summed E-state index contributed by atoms with van der Waals surface area (Å²) >= 11 is 3.37. The average molecular weight is 416 g/mol. The van der Waals surface area contributed by atoms with Gasteiger partial charge in [0.1, 0.15) is 11.6 Å². The summed E-state index contributed by atoms with van der Waals surface area (Å²) in [6.45, 7) is 4.17. The molecule has 2 heterocycles. The number of nitrogens with one attached hydrogen (secondary N) is 2. The number of anilines is 3. The fourth-order valence-electron chi connectivity index (χ4n) is 2.29. The number of hydrogen-bond donors (Lipinski definition) is 2. The van der Waals surface area contributed by atoms with E-state index in [9.17, 15) is 4.39 Å². The predicted molar refractivity (Wildman–Crippen MR) is 106 cm³/mol. The lowest BCUT2D eigenvalue weighted by Crippen LogP contribution is -2.16. The van der Waals surface area contributed by atoms with Gasteiger partial charge in [0.15, 0.2) is 0 Å². The van der Waals surface area contributed by atoms with Crippen LogP contribution in [0.3, 0.4) is 0 Å². The quantitative estimate of drug-likeness (QED) is 0.564. The molecule has 7 heteroatoms. The maximum Gasteiger partial charge on any atom is 0.225 e. The molecule has 0 aliphatic rings. The largest absolute Gasteiger partial charge is 0.352 e. The Morgan fingerprint density at radius 1 is 1.19 bits per heavy atom. The van der Waals surface area contributed by atoms with E-state index in [1.807, 2.05) is 18.2 Å². The van der Waals surface area contributed by atoms with Gasteiger partial charge in [0.05, 0.1) is 11.4 Å². The zero-order chi connectivity index (χ0) is 18.5. The number of hydrogen-bond acceptors (Lipinski definition) is 5. The third kappa shape index (κ3) is 4.54.